The van der Waals surface area contributed by atoms with Crippen molar-refractivity contribution >= 4 is 10.9 Å². The van der Waals surface area contributed by atoms with Gasteiger partial charge in [-0.05, 0) is 26.0 Å². The first kappa shape index (κ1) is 10.7. The van der Waals surface area contributed by atoms with Crippen LogP contribution < -0.4 is 5.56 Å². The Bertz CT molecular complexity index is 602. The molecular weight excluding hydrogens is 200 g/mol. The van der Waals surface area contributed by atoms with Gasteiger partial charge in [-0.2, -0.15) is 0 Å². The van der Waals surface area contributed by atoms with Crippen LogP contribution in [0.3, 0.4) is 0 Å². The molecule has 0 atom stereocenters. The molecule has 1 aromatic carbocycles. The monoisotopic (exact) mass is 216 g/mol. The first-order valence-corrected chi connectivity index (χ1v) is 5.41. The van der Waals surface area contributed by atoms with E-state index < -0.39 is 0 Å². The molecule has 0 aliphatic carbocycles. The van der Waals surface area contributed by atoms with Crippen LogP contribution in [-0.4, -0.2) is 9.36 Å². The van der Waals surface area contributed by atoms with E-state index in [1.165, 1.54) is 5.57 Å². The summed E-state index contributed by atoms with van der Waals surface area (Å²) in [5.74, 6) is 0. The maximum absolute atomic E-state index is 11.9. The molecule has 0 aliphatic rings. The highest BCUT2D eigenvalue weighted by molar-refractivity contribution is 5.78. The van der Waals surface area contributed by atoms with Gasteiger partial charge in [-0.15, -0.1) is 0 Å². The lowest BCUT2D eigenvalue weighted by molar-refractivity contribution is 0.549. The second-order valence-corrected chi connectivity index (χ2v) is 4.04. The van der Waals surface area contributed by atoms with E-state index in [0.717, 1.165) is 17.4 Å². The Morgan fingerprint density at radius 2 is 2.06 bits per heavy atom. The number of nitrogens with zero attached hydrogens (tertiary/aromatic N) is 2. The van der Waals surface area contributed by atoms with Crippen LogP contribution in [0.5, 0.6) is 0 Å². The Balaban J connectivity index is 2.69. The third-order valence-corrected chi connectivity index (χ3v) is 2.96. The molecule has 1 heterocycles. The Kier molecular flexibility index (Phi) is 2.69. The lowest BCUT2D eigenvalue weighted by Gasteiger charge is -2.08. The van der Waals surface area contributed by atoms with E-state index in [1.54, 1.807) is 4.68 Å². The standard InChI is InChI=1S/C13H16N2O/c1-4-10(2)9-15-12-8-6-5-7-11(12)13(16)14(15)3/h4-8H,9H2,1-3H3/b10-4+. The highest BCUT2D eigenvalue weighted by Gasteiger charge is 2.09. The van der Waals surface area contributed by atoms with Crippen LogP contribution >= 0.6 is 0 Å². The third kappa shape index (κ3) is 1.58. The molecule has 0 amide bonds. The van der Waals surface area contributed by atoms with Gasteiger partial charge in [-0.3, -0.25) is 14.2 Å². The Morgan fingerprint density at radius 3 is 2.75 bits per heavy atom. The van der Waals surface area contributed by atoms with Crippen molar-refractivity contribution in [2.24, 2.45) is 7.05 Å². The van der Waals surface area contributed by atoms with E-state index >= 15 is 0 Å². The van der Waals surface area contributed by atoms with Gasteiger partial charge in [0.15, 0.2) is 0 Å². The zero-order chi connectivity index (χ0) is 11.7. The van der Waals surface area contributed by atoms with Crippen molar-refractivity contribution in [3.05, 3.63) is 46.3 Å². The van der Waals surface area contributed by atoms with Crippen molar-refractivity contribution in [2.75, 3.05) is 0 Å². The van der Waals surface area contributed by atoms with Crippen molar-refractivity contribution in [3.63, 3.8) is 0 Å². The normalized spacial score (nSPS) is 12.3. The quantitative estimate of drug-likeness (QED) is 0.708. The summed E-state index contributed by atoms with van der Waals surface area (Å²) in [4.78, 5) is 11.9. The van der Waals surface area contributed by atoms with Gasteiger partial charge in [0.1, 0.15) is 0 Å². The number of rotatable bonds is 2. The van der Waals surface area contributed by atoms with Crippen LogP contribution in [0.15, 0.2) is 40.7 Å². The Morgan fingerprint density at radius 1 is 1.38 bits per heavy atom. The molecule has 0 bridgehead atoms. The van der Waals surface area contributed by atoms with Gasteiger partial charge in [0.25, 0.3) is 5.56 Å². The topological polar surface area (TPSA) is 26.9 Å². The molecule has 84 valence electrons. The Labute approximate surface area is 94.6 Å². The molecule has 0 aliphatic heterocycles. The van der Waals surface area contributed by atoms with E-state index in [4.69, 9.17) is 0 Å². The van der Waals surface area contributed by atoms with Crippen LogP contribution in [-0.2, 0) is 13.6 Å². The fraction of sp³-hybridized carbons (Fsp3) is 0.308. The zero-order valence-electron chi connectivity index (χ0n) is 9.90. The average Bonchev–Trinajstić information content (AvgIpc) is 2.55. The maximum Gasteiger partial charge on any atom is 0.274 e. The van der Waals surface area contributed by atoms with E-state index in [9.17, 15) is 4.79 Å². The molecule has 0 saturated heterocycles. The van der Waals surface area contributed by atoms with Crippen molar-refractivity contribution in [3.8, 4) is 0 Å². The summed E-state index contributed by atoms with van der Waals surface area (Å²) in [6.45, 7) is 4.84. The number of fused-ring (bicyclic) bond motifs is 1. The molecule has 2 rings (SSSR count). The Hall–Kier alpha value is -1.77. The van der Waals surface area contributed by atoms with Gasteiger partial charge in [0.05, 0.1) is 17.4 Å². The van der Waals surface area contributed by atoms with Crippen LogP contribution in [0.2, 0.25) is 0 Å². The first-order valence-electron chi connectivity index (χ1n) is 5.41. The third-order valence-electron chi connectivity index (χ3n) is 2.96. The minimum Gasteiger partial charge on any atom is -0.278 e. The van der Waals surface area contributed by atoms with E-state index in [-0.39, 0.29) is 5.56 Å². The van der Waals surface area contributed by atoms with Crippen LogP contribution in [0.4, 0.5) is 0 Å². The predicted molar refractivity (Wildman–Crippen MR) is 66.6 cm³/mol. The molecule has 3 heteroatoms. The largest absolute Gasteiger partial charge is 0.278 e. The number of hydrogen-bond donors (Lipinski definition) is 0. The summed E-state index contributed by atoms with van der Waals surface area (Å²) in [5, 5.41) is 0.786. The summed E-state index contributed by atoms with van der Waals surface area (Å²) >= 11 is 0. The van der Waals surface area contributed by atoms with Crippen molar-refractivity contribution in [2.45, 2.75) is 20.4 Å². The molecule has 16 heavy (non-hydrogen) atoms. The van der Waals surface area contributed by atoms with E-state index in [0.29, 0.717) is 0 Å². The van der Waals surface area contributed by atoms with Crippen LogP contribution in [0.1, 0.15) is 13.8 Å². The highest BCUT2D eigenvalue weighted by atomic mass is 16.1. The van der Waals surface area contributed by atoms with Gasteiger partial charge >= 0.3 is 0 Å². The van der Waals surface area contributed by atoms with Crippen molar-refractivity contribution < 1.29 is 0 Å². The van der Waals surface area contributed by atoms with Gasteiger partial charge < -0.3 is 0 Å². The van der Waals surface area contributed by atoms with Gasteiger partial charge in [0, 0.05) is 7.05 Å². The molecule has 0 radical (unpaired) electrons. The number of aromatic nitrogens is 2. The molecular formula is C13H16N2O. The molecule has 2 aromatic rings. The summed E-state index contributed by atoms with van der Waals surface area (Å²) in [6, 6.07) is 7.72. The minimum atomic E-state index is 0.0690. The number of benzene rings is 1. The lowest BCUT2D eigenvalue weighted by atomic mass is 10.2. The summed E-state index contributed by atoms with van der Waals surface area (Å²) in [7, 11) is 1.81. The fourth-order valence-corrected chi connectivity index (χ4v) is 1.84. The second kappa shape index (κ2) is 4.00. The molecule has 0 saturated carbocycles. The van der Waals surface area contributed by atoms with E-state index in [2.05, 4.69) is 13.0 Å². The van der Waals surface area contributed by atoms with Gasteiger partial charge in [0.2, 0.25) is 0 Å². The predicted octanol–water partition coefficient (Wildman–Crippen LogP) is 2.31. The van der Waals surface area contributed by atoms with E-state index in [1.807, 2.05) is 42.9 Å². The number of allylic oxidation sites excluding steroid dienone is 2. The molecule has 0 unspecified atom stereocenters. The van der Waals surface area contributed by atoms with Crippen LogP contribution in [0.25, 0.3) is 10.9 Å². The van der Waals surface area contributed by atoms with Crippen molar-refractivity contribution in [1.29, 1.82) is 0 Å². The second-order valence-electron chi connectivity index (χ2n) is 4.04. The summed E-state index contributed by atoms with van der Waals surface area (Å²) in [5.41, 5.74) is 2.31. The van der Waals surface area contributed by atoms with Crippen LogP contribution in [0, 0.1) is 0 Å². The summed E-state index contributed by atoms with van der Waals surface area (Å²) < 4.78 is 3.69. The smallest absolute Gasteiger partial charge is 0.274 e. The zero-order valence-corrected chi connectivity index (χ0v) is 9.90. The molecule has 3 nitrogen and oxygen atoms in total. The fourth-order valence-electron chi connectivity index (χ4n) is 1.84. The van der Waals surface area contributed by atoms with Gasteiger partial charge in [-0.25, -0.2) is 0 Å². The molecule has 0 N–H and O–H groups in total. The molecule has 1 aromatic heterocycles. The average molecular weight is 216 g/mol. The molecule has 0 fully saturated rings. The minimum absolute atomic E-state index is 0.0690. The summed E-state index contributed by atoms with van der Waals surface area (Å²) in [6.07, 6.45) is 2.07. The first-order chi connectivity index (χ1) is 7.65. The molecule has 0 spiro atoms. The highest BCUT2D eigenvalue weighted by Crippen LogP contribution is 2.11. The maximum atomic E-state index is 11.9. The lowest BCUT2D eigenvalue weighted by Crippen LogP contribution is -2.19. The number of hydrogen-bond acceptors (Lipinski definition) is 1. The number of para-hydroxylation sites is 1. The SMILES string of the molecule is C/C=C(\C)Cn1c2ccccc2c(=O)n1C. The van der Waals surface area contributed by atoms with Gasteiger partial charge in [-0.1, -0.05) is 23.8 Å². The van der Waals surface area contributed by atoms with Crippen molar-refractivity contribution in [1.82, 2.24) is 9.36 Å².